The third-order valence-electron chi connectivity index (χ3n) is 5.42. The Labute approximate surface area is 255 Å². The molecule has 41 heavy (non-hydrogen) atoms. The van der Waals surface area contributed by atoms with Crippen LogP contribution >= 0.6 is 0 Å². The Bertz CT molecular complexity index is 1050. The minimum Gasteiger partial charge on any atom is -0.550 e. The van der Waals surface area contributed by atoms with E-state index >= 15 is 0 Å². The molecule has 2 aromatic carbocycles. The van der Waals surface area contributed by atoms with Crippen molar-refractivity contribution in [3.05, 3.63) is 57.6 Å². The van der Waals surface area contributed by atoms with Gasteiger partial charge in [-0.25, -0.2) is 0 Å². The van der Waals surface area contributed by atoms with E-state index in [0.29, 0.717) is 36.4 Å². The molecule has 0 aliphatic heterocycles. The molecule has 8 nitrogen and oxygen atoms in total. The van der Waals surface area contributed by atoms with Gasteiger partial charge in [-0.2, -0.15) is 0 Å². The van der Waals surface area contributed by atoms with Gasteiger partial charge in [0.05, 0.1) is 13.1 Å². The summed E-state index contributed by atoms with van der Waals surface area (Å²) < 4.78 is 0. The van der Waals surface area contributed by atoms with Crippen LogP contribution in [-0.2, 0) is 52.1 Å². The van der Waals surface area contributed by atoms with Gasteiger partial charge in [0.25, 0.3) is 0 Å². The number of carbonyl (C=O) groups excluding carboxylic acids is 2. The van der Waals surface area contributed by atoms with E-state index in [4.69, 9.17) is 19.8 Å². The van der Waals surface area contributed by atoms with Gasteiger partial charge in [0, 0.05) is 35.5 Å². The number of phenols is 2. The predicted octanol–water partition coefficient (Wildman–Crippen LogP) is 3.67. The van der Waals surface area contributed by atoms with Gasteiger partial charge in [-0.15, -0.1) is 0 Å². The molecule has 0 unspecified atom stereocenters. The second-order valence-electron chi connectivity index (χ2n) is 10.3. The molecule has 0 fully saturated rings. The van der Waals surface area contributed by atoms with Gasteiger partial charge in [0.1, 0.15) is 11.5 Å². The number of carboxylic acid groups (broad SMARTS) is 2. The van der Waals surface area contributed by atoms with E-state index in [1.54, 1.807) is 12.4 Å². The van der Waals surface area contributed by atoms with Crippen LogP contribution in [0.4, 0.5) is 0 Å². The molecule has 0 aromatic heterocycles. The number of aliphatic imine (C=N–C) groups is 2. The van der Waals surface area contributed by atoms with Crippen molar-refractivity contribution in [3.8, 4) is 11.5 Å². The molecular weight excluding hydrogens is 567 g/mol. The first-order valence-electron chi connectivity index (χ1n) is 13.8. The van der Waals surface area contributed by atoms with Gasteiger partial charge in [-0.3, -0.25) is 9.98 Å². The van der Waals surface area contributed by atoms with Crippen LogP contribution in [0.15, 0.2) is 34.3 Å². The maximum atomic E-state index is 10.5. The van der Waals surface area contributed by atoms with E-state index in [2.05, 4.69) is 63.7 Å². The van der Waals surface area contributed by atoms with E-state index < -0.39 is 11.9 Å². The fourth-order valence-electron chi connectivity index (χ4n) is 3.93. The van der Waals surface area contributed by atoms with Crippen molar-refractivity contribution >= 4 is 24.4 Å². The Balaban J connectivity index is 0. The van der Waals surface area contributed by atoms with E-state index in [1.807, 2.05) is 12.1 Å². The Morgan fingerprint density at radius 2 is 1.02 bits per heavy atom. The van der Waals surface area contributed by atoms with Crippen LogP contribution in [0.3, 0.4) is 0 Å². The molecule has 0 bridgehead atoms. The Hall–Kier alpha value is -3.17. The minimum absolute atomic E-state index is 0. The molecule has 229 valence electrons. The number of benzene rings is 2. The summed E-state index contributed by atoms with van der Waals surface area (Å²) in [7, 11) is 0. The van der Waals surface area contributed by atoms with Crippen LogP contribution in [0.5, 0.6) is 11.5 Å². The Morgan fingerprint density at radius 3 is 1.27 bits per heavy atom. The van der Waals surface area contributed by atoms with Gasteiger partial charge in [-0.05, 0) is 85.8 Å². The number of carbonyl (C=O) groups is 2. The first kappa shape index (κ1) is 40.0. The van der Waals surface area contributed by atoms with E-state index in [-0.39, 0.29) is 16.8 Å². The molecule has 9 heteroatoms. The molecule has 0 aliphatic carbocycles. The number of rotatable bonds is 11. The van der Waals surface area contributed by atoms with Crippen molar-refractivity contribution in [1.82, 2.24) is 0 Å². The molecule has 2 N–H and O–H groups in total. The summed E-state index contributed by atoms with van der Waals surface area (Å²) in [5.41, 5.74) is 5.94. The summed E-state index contributed by atoms with van der Waals surface area (Å²) in [6, 6.07) is 8.26. The van der Waals surface area contributed by atoms with Crippen molar-refractivity contribution in [1.29, 1.82) is 0 Å². The molecule has 0 saturated heterocycles. The average molecular weight is 614 g/mol. The number of aryl methyl sites for hydroxylation is 2. The summed E-state index contributed by atoms with van der Waals surface area (Å²) >= 11 is 0. The molecule has 0 aliphatic rings. The maximum absolute atomic E-state index is 10.5. The van der Waals surface area contributed by atoms with E-state index in [1.165, 1.54) is 11.1 Å². The monoisotopic (exact) mass is 613 g/mol. The molecule has 0 amide bonds. The van der Waals surface area contributed by atoms with Crippen molar-refractivity contribution in [3.63, 3.8) is 0 Å². The van der Waals surface area contributed by atoms with Crippen molar-refractivity contribution in [2.75, 3.05) is 13.1 Å². The predicted molar refractivity (Wildman–Crippen MR) is 158 cm³/mol. The Kier molecular flexibility index (Phi) is 21.0. The summed E-state index contributed by atoms with van der Waals surface area (Å²) in [5.74, 6) is -0.392. The fraction of sp³-hybridized carbons (Fsp3) is 0.500. The smallest absolute Gasteiger partial charge is 0.550 e. The molecular formula is C32H46CoN2O6. The van der Waals surface area contributed by atoms with Crippen LogP contribution < -0.4 is 10.2 Å². The topological polar surface area (TPSA) is 145 Å². The number of phenolic OH excluding ortho intramolecular Hbond substituents is 2. The first-order chi connectivity index (χ1) is 18.7. The number of aromatic hydroxyl groups is 2. The van der Waals surface area contributed by atoms with Gasteiger partial charge < -0.3 is 30.0 Å². The number of hydrogen-bond acceptors (Lipinski definition) is 8. The second kappa shape index (κ2) is 21.6. The number of carboxylic acids is 2. The Morgan fingerprint density at radius 1 is 0.732 bits per heavy atom. The molecule has 2 rings (SSSR count). The summed E-state index contributed by atoms with van der Waals surface area (Å²) in [6.45, 7) is 15.9. The second-order valence-corrected chi connectivity index (χ2v) is 10.3. The average Bonchev–Trinajstić information content (AvgIpc) is 2.83. The summed E-state index contributed by atoms with van der Waals surface area (Å²) in [5, 5.41) is 38.8. The third kappa shape index (κ3) is 18.0. The zero-order valence-electron chi connectivity index (χ0n) is 25.6. The number of nitrogens with zero attached hydrogens (tertiary/aromatic N) is 2. The van der Waals surface area contributed by atoms with Crippen LogP contribution in [0, 0.1) is 11.8 Å². The van der Waals surface area contributed by atoms with E-state index in [9.17, 15) is 10.2 Å². The zero-order chi connectivity index (χ0) is 30.8. The summed E-state index contributed by atoms with van der Waals surface area (Å²) in [4.78, 5) is 26.7. The quantitative estimate of drug-likeness (QED) is 0.292. The molecule has 0 heterocycles. The van der Waals surface area contributed by atoms with Crippen molar-refractivity contribution in [2.24, 2.45) is 21.8 Å². The normalized spacial score (nSPS) is 10.7. The van der Waals surface area contributed by atoms with Crippen molar-refractivity contribution < 1.29 is 46.8 Å². The number of hydrogen-bond donors (Lipinski definition) is 2. The minimum atomic E-state index is -1.08. The molecule has 0 spiro atoms. The summed E-state index contributed by atoms with van der Waals surface area (Å²) in [6.07, 6.45) is 7.06. The van der Waals surface area contributed by atoms with Crippen LogP contribution in [0.25, 0.3) is 0 Å². The van der Waals surface area contributed by atoms with Crippen LogP contribution in [0.1, 0.15) is 88.8 Å². The van der Waals surface area contributed by atoms with Crippen LogP contribution in [-0.4, -0.2) is 47.7 Å². The van der Waals surface area contributed by atoms with E-state index in [0.717, 1.165) is 61.8 Å². The first-order valence-corrected chi connectivity index (χ1v) is 13.8. The third-order valence-corrected chi connectivity index (χ3v) is 5.42. The zero-order valence-corrected chi connectivity index (χ0v) is 26.7. The van der Waals surface area contributed by atoms with Crippen LogP contribution in [0.2, 0.25) is 0 Å². The standard InChI is InChI=1S/C28H40N2O2.2C2H4O2.Co/c1-7-23-13-21(11-19(3)4)15-25(27(23)31)17-29-9-10-30-18-26-16-22(12-20(5)6)14-24(8-2)28(26)32;2*1-2(3)4;/h13-20,31-32H,7-12H2,1-6H3;2*1H3,(H,3,4);/q;;;+2/p-2. The SMILES string of the molecule is CC(=O)[O-].CC(=O)[O-].CCc1cc(CC(C)C)cc(C=NCCN=Cc2cc(CC(C)C)cc(CC)c2O)c1O.[Co+2]. The molecule has 0 saturated carbocycles. The maximum Gasteiger partial charge on any atom is 2.00 e. The molecule has 0 atom stereocenters. The largest absolute Gasteiger partial charge is 2.00 e. The van der Waals surface area contributed by atoms with Gasteiger partial charge in [0.2, 0.25) is 0 Å². The van der Waals surface area contributed by atoms with Gasteiger partial charge >= 0.3 is 16.8 Å². The van der Waals surface area contributed by atoms with Gasteiger partial charge in [0.15, 0.2) is 0 Å². The molecule has 1 radical (unpaired) electrons. The fourth-order valence-corrected chi connectivity index (χ4v) is 3.93. The van der Waals surface area contributed by atoms with Gasteiger partial charge in [-0.1, -0.05) is 53.7 Å². The van der Waals surface area contributed by atoms with Crippen molar-refractivity contribution in [2.45, 2.75) is 81.1 Å². The molecule has 2 aromatic rings. The number of aliphatic carboxylic acids is 2.